The number of hydrogen-bond donors (Lipinski definition) is 1. The second-order valence-corrected chi connectivity index (χ2v) is 7.29. The molecule has 6 heteroatoms. The van der Waals surface area contributed by atoms with Gasteiger partial charge < -0.3 is 24.0 Å². The Hall–Kier alpha value is -2.73. The van der Waals surface area contributed by atoms with E-state index in [0.717, 1.165) is 51.5 Å². The lowest BCUT2D eigenvalue weighted by Gasteiger charge is -2.32. The molecular weight excluding hydrogens is 356 g/mol. The molecular formula is C22H27N2O4+. The van der Waals surface area contributed by atoms with Crippen molar-refractivity contribution in [1.29, 1.82) is 0 Å². The lowest BCUT2D eigenvalue weighted by atomic mass is 10.1. The normalized spacial score (nSPS) is 16.4. The number of para-hydroxylation sites is 2. The van der Waals surface area contributed by atoms with Gasteiger partial charge in [0, 0.05) is 12.0 Å². The number of rotatable bonds is 6. The van der Waals surface area contributed by atoms with Crippen molar-refractivity contribution in [2.75, 3.05) is 46.5 Å². The number of amides is 1. The monoisotopic (exact) mass is 383 g/mol. The minimum atomic E-state index is 0.0274. The quantitative estimate of drug-likeness (QED) is 0.807. The summed E-state index contributed by atoms with van der Waals surface area (Å²) in [5, 5.41) is 0. The number of quaternary nitrogens is 1. The number of carbonyl (C=O) groups excluding carboxylic acids is 1. The van der Waals surface area contributed by atoms with Gasteiger partial charge in [0.1, 0.15) is 12.3 Å². The van der Waals surface area contributed by atoms with Gasteiger partial charge in [0.25, 0.3) is 5.91 Å². The summed E-state index contributed by atoms with van der Waals surface area (Å²) >= 11 is 0. The molecule has 2 aromatic rings. The number of ether oxygens (including phenoxy) is 3. The zero-order chi connectivity index (χ0) is 19.3. The van der Waals surface area contributed by atoms with Crippen LogP contribution >= 0.6 is 0 Å². The second kappa shape index (κ2) is 8.52. The highest BCUT2D eigenvalue weighted by molar-refractivity contribution is 5.78. The maximum absolute atomic E-state index is 12.5. The molecule has 0 aromatic heterocycles. The Kier molecular flexibility index (Phi) is 5.67. The maximum Gasteiger partial charge on any atom is 0.260 e. The average Bonchev–Trinajstić information content (AvgIpc) is 3.20. The number of fused-ring (bicyclic) bond motifs is 1. The summed E-state index contributed by atoms with van der Waals surface area (Å²) in [6.45, 7) is 5.26. The van der Waals surface area contributed by atoms with Gasteiger partial charge in [0.15, 0.2) is 18.1 Å². The molecule has 0 atom stereocenters. The number of hydrogen-bond acceptors (Lipinski definition) is 4. The summed E-state index contributed by atoms with van der Waals surface area (Å²) in [7, 11) is 1.60. The first-order valence-corrected chi connectivity index (χ1v) is 9.84. The zero-order valence-electron chi connectivity index (χ0n) is 16.3. The van der Waals surface area contributed by atoms with Crippen LogP contribution in [0.3, 0.4) is 0 Å². The van der Waals surface area contributed by atoms with Gasteiger partial charge in [-0.1, -0.05) is 12.1 Å². The van der Waals surface area contributed by atoms with Crippen molar-refractivity contribution < 1.29 is 23.9 Å². The van der Waals surface area contributed by atoms with E-state index < -0.39 is 0 Å². The SMILES string of the molecule is COc1ccccc1OCC(=O)N1CC[NH+](Cc2ccc3c(c2)CCO3)CC1. The van der Waals surface area contributed by atoms with E-state index in [1.807, 2.05) is 29.2 Å². The van der Waals surface area contributed by atoms with Gasteiger partial charge in [-0.3, -0.25) is 4.79 Å². The van der Waals surface area contributed by atoms with Crippen LogP contribution in [-0.2, 0) is 17.8 Å². The number of nitrogens with one attached hydrogen (secondary N) is 1. The number of benzene rings is 2. The van der Waals surface area contributed by atoms with E-state index in [9.17, 15) is 4.79 Å². The predicted molar refractivity (Wildman–Crippen MR) is 105 cm³/mol. The molecule has 0 aliphatic carbocycles. The van der Waals surface area contributed by atoms with Crippen molar-refractivity contribution >= 4 is 5.91 Å². The van der Waals surface area contributed by atoms with E-state index in [-0.39, 0.29) is 12.5 Å². The van der Waals surface area contributed by atoms with Crippen LogP contribution in [-0.4, -0.2) is 57.3 Å². The molecule has 1 amide bonds. The average molecular weight is 383 g/mol. The lowest BCUT2D eigenvalue weighted by Crippen LogP contribution is -3.13. The summed E-state index contributed by atoms with van der Waals surface area (Å²) < 4.78 is 16.5. The van der Waals surface area contributed by atoms with Crippen molar-refractivity contribution in [1.82, 2.24) is 4.90 Å². The largest absolute Gasteiger partial charge is 0.493 e. The smallest absolute Gasteiger partial charge is 0.260 e. The molecule has 2 aromatic carbocycles. The van der Waals surface area contributed by atoms with Crippen LogP contribution in [0.4, 0.5) is 0 Å². The molecule has 148 valence electrons. The fourth-order valence-corrected chi connectivity index (χ4v) is 3.86. The molecule has 28 heavy (non-hydrogen) atoms. The van der Waals surface area contributed by atoms with E-state index in [4.69, 9.17) is 14.2 Å². The first kappa shape index (κ1) is 18.6. The third-order valence-corrected chi connectivity index (χ3v) is 5.45. The van der Waals surface area contributed by atoms with Gasteiger partial charge in [-0.05, 0) is 35.9 Å². The molecule has 6 nitrogen and oxygen atoms in total. The van der Waals surface area contributed by atoms with E-state index in [2.05, 4.69) is 18.2 Å². The highest BCUT2D eigenvalue weighted by Crippen LogP contribution is 2.26. The molecule has 1 fully saturated rings. The highest BCUT2D eigenvalue weighted by atomic mass is 16.5. The van der Waals surface area contributed by atoms with Crippen LogP contribution in [0.25, 0.3) is 0 Å². The Morgan fingerprint density at radius 3 is 2.71 bits per heavy atom. The van der Waals surface area contributed by atoms with Crippen molar-refractivity contribution in [3.05, 3.63) is 53.6 Å². The second-order valence-electron chi connectivity index (χ2n) is 7.29. The fraction of sp³-hybridized carbons (Fsp3) is 0.409. The Bertz CT molecular complexity index is 831. The van der Waals surface area contributed by atoms with Gasteiger partial charge in [-0.15, -0.1) is 0 Å². The summed E-state index contributed by atoms with van der Waals surface area (Å²) in [5.74, 6) is 2.30. The summed E-state index contributed by atoms with van der Waals surface area (Å²) in [4.78, 5) is 15.9. The topological polar surface area (TPSA) is 52.4 Å². The molecule has 0 saturated carbocycles. The van der Waals surface area contributed by atoms with Gasteiger partial charge in [-0.25, -0.2) is 0 Å². The van der Waals surface area contributed by atoms with Crippen molar-refractivity contribution in [2.24, 2.45) is 0 Å². The lowest BCUT2D eigenvalue weighted by molar-refractivity contribution is -0.917. The molecule has 2 aliphatic heterocycles. The van der Waals surface area contributed by atoms with E-state index in [1.165, 1.54) is 16.0 Å². The Morgan fingerprint density at radius 2 is 1.93 bits per heavy atom. The molecule has 4 rings (SSSR count). The van der Waals surface area contributed by atoms with Crippen LogP contribution in [0.1, 0.15) is 11.1 Å². The standard InChI is InChI=1S/C22H26N2O4/c1-26-20-4-2-3-5-21(20)28-16-22(25)24-11-9-23(10-12-24)15-17-6-7-19-18(14-17)8-13-27-19/h2-7,14H,8-13,15-16H2,1H3/p+1. The third-order valence-electron chi connectivity index (χ3n) is 5.45. The van der Waals surface area contributed by atoms with Crippen molar-refractivity contribution in [3.8, 4) is 17.2 Å². The van der Waals surface area contributed by atoms with E-state index >= 15 is 0 Å². The van der Waals surface area contributed by atoms with Crippen molar-refractivity contribution in [2.45, 2.75) is 13.0 Å². The number of piperazine rings is 1. The maximum atomic E-state index is 12.5. The summed E-state index contributed by atoms with van der Waals surface area (Å²) in [5.41, 5.74) is 2.66. The number of carbonyl (C=O) groups is 1. The van der Waals surface area contributed by atoms with Gasteiger partial charge >= 0.3 is 0 Å². The highest BCUT2D eigenvalue weighted by Gasteiger charge is 2.24. The molecule has 1 saturated heterocycles. The number of nitrogens with zero attached hydrogens (tertiary/aromatic N) is 1. The molecule has 0 unspecified atom stereocenters. The Labute approximate surface area is 165 Å². The minimum Gasteiger partial charge on any atom is -0.493 e. The van der Waals surface area contributed by atoms with Gasteiger partial charge in [0.2, 0.25) is 0 Å². The molecule has 2 heterocycles. The molecule has 0 spiro atoms. The van der Waals surface area contributed by atoms with Crippen LogP contribution in [0.5, 0.6) is 17.2 Å². The predicted octanol–water partition coefficient (Wildman–Crippen LogP) is 0.936. The van der Waals surface area contributed by atoms with E-state index in [0.29, 0.717) is 11.5 Å². The van der Waals surface area contributed by atoms with Gasteiger partial charge in [-0.2, -0.15) is 0 Å². The van der Waals surface area contributed by atoms with Crippen molar-refractivity contribution in [3.63, 3.8) is 0 Å². The summed E-state index contributed by atoms with van der Waals surface area (Å²) in [6.07, 6.45) is 1.01. The summed E-state index contributed by atoms with van der Waals surface area (Å²) in [6, 6.07) is 13.9. The first-order valence-electron chi connectivity index (χ1n) is 9.84. The molecule has 0 bridgehead atoms. The zero-order valence-corrected chi connectivity index (χ0v) is 16.3. The van der Waals surface area contributed by atoms with Crippen LogP contribution < -0.4 is 19.1 Å². The third kappa shape index (κ3) is 4.22. The Balaban J connectivity index is 1.25. The van der Waals surface area contributed by atoms with E-state index in [1.54, 1.807) is 7.11 Å². The molecule has 1 N–H and O–H groups in total. The Morgan fingerprint density at radius 1 is 1.14 bits per heavy atom. The van der Waals surface area contributed by atoms with Crippen LogP contribution in [0.15, 0.2) is 42.5 Å². The van der Waals surface area contributed by atoms with Crippen LogP contribution in [0, 0.1) is 0 Å². The molecule has 0 radical (unpaired) electrons. The van der Waals surface area contributed by atoms with Gasteiger partial charge in [0.05, 0.1) is 39.9 Å². The minimum absolute atomic E-state index is 0.0274. The van der Waals surface area contributed by atoms with Crippen LogP contribution in [0.2, 0.25) is 0 Å². The first-order chi connectivity index (χ1) is 13.7. The molecule has 2 aliphatic rings. The number of methoxy groups -OCH3 is 1. The fourth-order valence-electron chi connectivity index (χ4n) is 3.86.